The Labute approximate surface area is 199 Å². The van der Waals surface area contributed by atoms with Gasteiger partial charge in [-0.15, -0.1) is 0 Å². The molecule has 156 valence electrons. The predicted molar refractivity (Wildman–Crippen MR) is 162 cm³/mol. The first-order valence-electron chi connectivity index (χ1n) is 11.6. The number of aliphatic hydroxyl groups is 1. The lowest BCUT2D eigenvalue weighted by molar-refractivity contribution is 0.00241. The van der Waals surface area contributed by atoms with Crippen molar-refractivity contribution in [3.63, 3.8) is 0 Å². The summed E-state index contributed by atoms with van der Waals surface area (Å²) in [5, 5.41) is 8.36. The van der Waals surface area contributed by atoms with Gasteiger partial charge >= 0.3 is 0 Å². The summed E-state index contributed by atoms with van der Waals surface area (Å²) >= 11 is 0. The van der Waals surface area contributed by atoms with Crippen molar-refractivity contribution in [2.24, 2.45) is 0 Å². The molecule has 0 atom stereocenters. The molecule has 1 fully saturated rings. The summed E-state index contributed by atoms with van der Waals surface area (Å²) in [4.78, 5) is 4.79. The van der Waals surface area contributed by atoms with Crippen LogP contribution in [0.25, 0.3) is 0 Å². The second-order valence-corrected chi connectivity index (χ2v) is 11.9. The lowest BCUT2D eigenvalue weighted by atomic mass is 9.39. The molecule has 1 aromatic rings. The van der Waals surface area contributed by atoms with Crippen molar-refractivity contribution in [3.05, 3.63) is 24.3 Å². The molecule has 0 bridgehead atoms. The van der Waals surface area contributed by atoms with E-state index in [9.17, 15) is 5.11 Å². The topological polar surface area (TPSA) is 45.2 Å². The Balaban J connectivity index is 2.02. The maximum absolute atomic E-state index is 10.5. The van der Waals surface area contributed by atoms with Gasteiger partial charge in [0.25, 0.3) is 0 Å². The van der Waals surface area contributed by atoms with Gasteiger partial charge in [0, 0.05) is 42.7 Å². The van der Waals surface area contributed by atoms with Gasteiger partial charge in [0.2, 0.25) is 0 Å². The fraction of sp³-hybridized carbons (Fsp3) is 0.600. The molecule has 2 rings (SSSR count). The Morgan fingerprint density at radius 1 is 0.710 bits per heavy atom. The third kappa shape index (κ3) is 6.48. The summed E-state index contributed by atoms with van der Waals surface area (Å²) in [7, 11) is 22.6. The zero-order valence-electron chi connectivity index (χ0n) is 21.8. The highest BCUT2D eigenvalue weighted by Gasteiger charge is 2.42. The number of ether oxygens (including phenoxy) is 2. The van der Waals surface area contributed by atoms with E-state index >= 15 is 0 Å². The quantitative estimate of drug-likeness (QED) is 0.432. The molecular weight excluding hydrogens is 375 g/mol. The molecule has 0 aliphatic carbocycles. The summed E-state index contributed by atoms with van der Waals surface area (Å²) in [5.41, 5.74) is 1.20. The van der Waals surface area contributed by atoms with Crippen LogP contribution in [0.2, 0.25) is 0 Å². The highest BCUT2D eigenvalue weighted by molar-refractivity contribution is 6.59. The van der Waals surface area contributed by atoms with E-state index in [-0.39, 0.29) is 10.6 Å². The van der Waals surface area contributed by atoms with Crippen molar-refractivity contribution in [1.29, 1.82) is 0 Å². The molecule has 0 aromatic heterocycles. The van der Waals surface area contributed by atoms with E-state index in [1.165, 1.54) is 5.69 Å². The van der Waals surface area contributed by atoms with Crippen molar-refractivity contribution in [1.82, 2.24) is 4.90 Å². The molecular formula is C15H35B11N2O3. The lowest BCUT2D eigenvalue weighted by Crippen LogP contribution is -2.69. The number of nitrogens with zero attached hydrogens (tertiary/aromatic N) is 2. The van der Waals surface area contributed by atoms with Crippen LogP contribution in [-0.4, -0.2) is 149 Å². The van der Waals surface area contributed by atoms with Crippen molar-refractivity contribution >= 4 is 92.0 Å². The van der Waals surface area contributed by atoms with Crippen LogP contribution in [0.5, 0.6) is 5.75 Å². The summed E-state index contributed by atoms with van der Waals surface area (Å²) < 4.78 is 12.7. The smallest absolute Gasteiger partial charge is 0.148 e. The first-order valence-corrected chi connectivity index (χ1v) is 11.6. The Bertz CT molecular complexity index is 742. The summed E-state index contributed by atoms with van der Waals surface area (Å²) in [5.74, 6) is 0.848. The first kappa shape index (κ1) is 26.7. The van der Waals surface area contributed by atoms with Gasteiger partial charge in [-0.1, -0.05) is 0 Å². The predicted octanol–water partition coefficient (Wildman–Crippen LogP) is -10.6. The summed E-state index contributed by atoms with van der Waals surface area (Å²) in [6.45, 7) is 3.75. The standard InChI is InChI=1S/C15H35B11N2O3/c16-11(17,12(18,19)29)28-7-5-27(6-8-28)9-1-3-10(4-2-9)30-13(20,21)14(22,23)31-15(24,25)26/h1-4,29H,5-8,16-26H2. The minimum Gasteiger partial charge on any atom is -0.504 e. The Hall–Kier alpha value is -0.586. The lowest BCUT2D eigenvalue weighted by Gasteiger charge is -2.51. The van der Waals surface area contributed by atoms with Crippen molar-refractivity contribution < 1.29 is 14.6 Å². The monoisotopic (exact) mass is 412 g/mol. The fourth-order valence-corrected chi connectivity index (χ4v) is 3.94. The van der Waals surface area contributed by atoms with E-state index in [1.54, 1.807) is 0 Å². The molecule has 1 heterocycles. The van der Waals surface area contributed by atoms with Gasteiger partial charge < -0.3 is 24.4 Å². The van der Waals surface area contributed by atoms with Gasteiger partial charge in [0.05, 0.1) is 5.40 Å². The van der Waals surface area contributed by atoms with Gasteiger partial charge in [-0.2, -0.15) is 0 Å². The SMILES string of the molecule is BC(B)(B)OC(B)(B)C(B)(B)Oc1ccc(N2CCN(C(B)(B)C(B)(B)O)CC2)cc1. The molecule has 1 N–H and O–H groups in total. The normalized spacial score (nSPS) is 17.4. The van der Waals surface area contributed by atoms with Crippen molar-refractivity contribution in [3.8, 4) is 5.75 Å². The van der Waals surface area contributed by atoms with Crippen LogP contribution in [0.4, 0.5) is 5.69 Å². The maximum Gasteiger partial charge on any atom is 0.148 e. The van der Waals surface area contributed by atoms with Crippen molar-refractivity contribution in [2.75, 3.05) is 31.1 Å². The van der Waals surface area contributed by atoms with Crippen LogP contribution in [0.3, 0.4) is 0 Å². The number of anilines is 1. The molecule has 0 unspecified atom stereocenters. The van der Waals surface area contributed by atoms with Crippen LogP contribution in [-0.2, 0) is 4.74 Å². The fourth-order valence-electron chi connectivity index (χ4n) is 3.94. The summed E-state index contributed by atoms with van der Waals surface area (Å²) in [6, 6.07) is 8.38. The van der Waals surface area contributed by atoms with Gasteiger partial charge in [0.1, 0.15) is 92.1 Å². The van der Waals surface area contributed by atoms with E-state index in [1.807, 2.05) is 15.7 Å². The minimum absolute atomic E-state index is 0.240. The number of benzene rings is 1. The van der Waals surface area contributed by atoms with Crippen LogP contribution in [0.1, 0.15) is 0 Å². The highest BCUT2D eigenvalue weighted by atomic mass is 16.6. The minimum atomic E-state index is -0.745. The largest absolute Gasteiger partial charge is 0.504 e. The molecule has 0 saturated carbocycles. The third-order valence-corrected chi connectivity index (χ3v) is 7.15. The molecule has 1 aliphatic heterocycles. The van der Waals surface area contributed by atoms with E-state index in [2.05, 4.69) is 105 Å². The second-order valence-electron chi connectivity index (χ2n) is 11.9. The van der Waals surface area contributed by atoms with E-state index < -0.39 is 16.2 Å². The average Bonchev–Trinajstić information content (AvgIpc) is 2.59. The van der Waals surface area contributed by atoms with Crippen molar-refractivity contribution in [2.45, 2.75) is 26.8 Å². The van der Waals surface area contributed by atoms with Crippen LogP contribution in [0, 0.1) is 0 Å². The van der Waals surface area contributed by atoms with E-state index in [0.29, 0.717) is 0 Å². The zero-order chi connectivity index (χ0) is 23.9. The Kier molecular flexibility index (Phi) is 7.73. The second kappa shape index (κ2) is 8.98. The van der Waals surface area contributed by atoms with Gasteiger partial charge in [-0.05, 0) is 34.9 Å². The molecule has 1 aromatic carbocycles. The number of hydrogen-bond acceptors (Lipinski definition) is 5. The van der Waals surface area contributed by atoms with Gasteiger partial charge in [-0.25, -0.2) is 0 Å². The number of hydrogen-bond donors (Lipinski definition) is 1. The zero-order valence-corrected chi connectivity index (χ0v) is 21.8. The average molecular weight is 410 g/mol. The first-order chi connectivity index (χ1) is 13.9. The van der Waals surface area contributed by atoms with Crippen LogP contribution in [0.15, 0.2) is 24.3 Å². The molecule has 5 nitrogen and oxygen atoms in total. The highest BCUT2D eigenvalue weighted by Crippen LogP contribution is 2.28. The van der Waals surface area contributed by atoms with E-state index in [0.717, 1.165) is 31.9 Å². The molecule has 1 saturated heterocycles. The number of piperazine rings is 1. The molecule has 1 aliphatic rings. The van der Waals surface area contributed by atoms with Crippen LogP contribution < -0.4 is 9.64 Å². The third-order valence-electron chi connectivity index (χ3n) is 7.15. The molecule has 0 spiro atoms. The molecule has 0 radical (unpaired) electrons. The Morgan fingerprint density at radius 2 is 1.19 bits per heavy atom. The van der Waals surface area contributed by atoms with Gasteiger partial charge in [-0.3, -0.25) is 0 Å². The summed E-state index contributed by atoms with van der Waals surface area (Å²) in [6.07, 6.45) is 0. The number of rotatable bonds is 8. The van der Waals surface area contributed by atoms with Gasteiger partial charge in [0.15, 0.2) is 0 Å². The molecule has 31 heavy (non-hydrogen) atoms. The molecule has 16 heteroatoms. The van der Waals surface area contributed by atoms with E-state index in [4.69, 9.17) is 9.47 Å². The van der Waals surface area contributed by atoms with Crippen LogP contribution >= 0.6 is 0 Å². The maximum atomic E-state index is 10.5. The Morgan fingerprint density at radius 3 is 1.61 bits per heavy atom. The molecule has 0 amide bonds.